The lowest BCUT2D eigenvalue weighted by Crippen LogP contribution is -2.09. The van der Waals surface area contributed by atoms with Gasteiger partial charge in [0.15, 0.2) is 0 Å². The van der Waals surface area contributed by atoms with E-state index < -0.39 is 0 Å². The molecule has 0 bridgehead atoms. The van der Waals surface area contributed by atoms with Crippen molar-refractivity contribution in [1.82, 2.24) is 4.98 Å². The number of fused-ring (bicyclic) bond motifs is 1. The van der Waals surface area contributed by atoms with Crippen LogP contribution in [0.25, 0.3) is 23.0 Å². The average Bonchev–Trinajstić information content (AvgIpc) is 3.21. The molecule has 0 spiro atoms. The maximum Gasteiger partial charge on any atom is 0.256 e. The van der Waals surface area contributed by atoms with E-state index in [0.29, 0.717) is 22.1 Å². The SMILES string of the molecule is CN(C)c1ccc(-c2ccc(/C=C3\C(=O)Nc4ccc(Cl)cc43)o2)cn1. The van der Waals surface area contributed by atoms with E-state index >= 15 is 0 Å². The molecule has 1 N–H and O–H groups in total. The number of rotatable bonds is 3. The summed E-state index contributed by atoms with van der Waals surface area (Å²) in [4.78, 5) is 18.6. The lowest BCUT2D eigenvalue weighted by atomic mass is 10.1. The number of amides is 1. The summed E-state index contributed by atoms with van der Waals surface area (Å²) in [5, 5.41) is 3.41. The normalized spacial score (nSPS) is 14.4. The minimum atomic E-state index is -0.169. The van der Waals surface area contributed by atoms with Gasteiger partial charge in [-0.1, -0.05) is 11.6 Å². The van der Waals surface area contributed by atoms with Crippen molar-refractivity contribution in [2.45, 2.75) is 0 Å². The van der Waals surface area contributed by atoms with E-state index in [1.807, 2.05) is 43.3 Å². The zero-order valence-electron chi connectivity index (χ0n) is 14.3. The van der Waals surface area contributed by atoms with Crippen LogP contribution in [0, 0.1) is 0 Å². The molecular formula is C20H16ClN3O2. The Balaban J connectivity index is 1.66. The number of aromatic nitrogens is 1. The molecule has 1 aromatic carbocycles. The molecule has 0 saturated heterocycles. The minimum Gasteiger partial charge on any atom is -0.457 e. The molecule has 0 atom stereocenters. The van der Waals surface area contributed by atoms with Gasteiger partial charge in [-0.05, 0) is 48.5 Å². The Bertz CT molecular complexity index is 1020. The van der Waals surface area contributed by atoms with Crippen LogP contribution in [0.4, 0.5) is 11.5 Å². The van der Waals surface area contributed by atoms with Gasteiger partial charge in [-0.2, -0.15) is 0 Å². The van der Waals surface area contributed by atoms with E-state index in [-0.39, 0.29) is 5.91 Å². The summed E-state index contributed by atoms with van der Waals surface area (Å²) < 4.78 is 5.88. The fourth-order valence-corrected chi connectivity index (χ4v) is 3.00. The number of halogens is 1. The first-order valence-corrected chi connectivity index (χ1v) is 8.45. The molecule has 5 nitrogen and oxygen atoms in total. The lowest BCUT2D eigenvalue weighted by molar-refractivity contribution is -0.110. The Kier molecular flexibility index (Phi) is 4.01. The van der Waals surface area contributed by atoms with E-state index in [0.717, 1.165) is 22.6 Å². The Morgan fingerprint density at radius 2 is 2.00 bits per heavy atom. The number of nitrogens with one attached hydrogen (secondary N) is 1. The van der Waals surface area contributed by atoms with Crippen molar-refractivity contribution in [3.8, 4) is 11.3 Å². The average molecular weight is 366 g/mol. The predicted molar refractivity (Wildman–Crippen MR) is 104 cm³/mol. The summed E-state index contributed by atoms with van der Waals surface area (Å²) in [7, 11) is 3.88. The molecule has 1 aliphatic rings. The molecule has 1 aliphatic heterocycles. The predicted octanol–water partition coefficient (Wildman–Crippen LogP) is 4.55. The second kappa shape index (κ2) is 6.35. The van der Waals surface area contributed by atoms with Gasteiger partial charge in [0.25, 0.3) is 5.91 Å². The van der Waals surface area contributed by atoms with Crippen LogP contribution in [0.1, 0.15) is 11.3 Å². The molecule has 3 aromatic rings. The quantitative estimate of drug-likeness (QED) is 0.691. The first-order chi connectivity index (χ1) is 12.5. The van der Waals surface area contributed by atoms with Gasteiger partial charge in [-0.25, -0.2) is 4.98 Å². The van der Waals surface area contributed by atoms with Crippen molar-refractivity contribution >= 4 is 40.7 Å². The smallest absolute Gasteiger partial charge is 0.256 e. The fourth-order valence-electron chi connectivity index (χ4n) is 2.83. The maximum atomic E-state index is 12.2. The first kappa shape index (κ1) is 16.4. The molecule has 26 heavy (non-hydrogen) atoms. The second-order valence-corrected chi connectivity index (χ2v) is 6.64. The number of hydrogen-bond donors (Lipinski definition) is 1. The Morgan fingerprint density at radius 3 is 2.73 bits per heavy atom. The van der Waals surface area contributed by atoms with Gasteiger partial charge >= 0.3 is 0 Å². The third kappa shape index (κ3) is 2.97. The Morgan fingerprint density at radius 1 is 1.15 bits per heavy atom. The highest BCUT2D eigenvalue weighted by Crippen LogP contribution is 2.35. The van der Waals surface area contributed by atoms with Gasteiger partial charge in [0.2, 0.25) is 0 Å². The molecule has 3 heterocycles. The van der Waals surface area contributed by atoms with E-state index in [1.165, 1.54) is 0 Å². The molecule has 1 amide bonds. The molecule has 6 heteroatoms. The lowest BCUT2D eigenvalue weighted by Gasteiger charge is -2.10. The molecule has 0 fully saturated rings. The van der Waals surface area contributed by atoms with Crippen molar-refractivity contribution in [1.29, 1.82) is 0 Å². The van der Waals surface area contributed by atoms with Gasteiger partial charge < -0.3 is 14.6 Å². The van der Waals surface area contributed by atoms with E-state index in [4.69, 9.17) is 16.0 Å². The van der Waals surface area contributed by atoms with E-state index in [9.17, 15) is 4.79 Å². The van der Waals surface area contributed by atoms with Crippen LogP contribution in [-0.2, 0) is 4.79 Å². The third-order valence-electron chi connectivity index (χ3n) is 4.17. The summed E-state index contributed by atoms with van der Waals surface area (Å²) in [6.07, 6.45) is 3.49. The number of pyridine rings is 1. The Labute approximate surface area is 155 Å². The number of benzene rings is 1. The molecule has 4 rings (SSSR count). The van der Waals surface area contributed by atoms with Crippen LogP contribution in [0.15, 0.2) is 53.1 Å². The largest absolute Gasteiger partial charge is 0.457 e. The van der Waals surface area contributed by atoms with Gasteiger partial charge in [0, 0.05) is 42.1 Å². The van der Waals surface area contributed by atoms with Gasteiger partial charge in [-0.3, -0.25) is 4.79 Å². The highest BCUT2D eigenvalue weighted by atomic mass is 35.5. The summed E-state index contributed by atoms with van der Waals surface area (Å²) in [6.45, 7) is 0. The van der Waals surface area contributed by atoms with Gasteiger partial charge in [-0.15, -0.1) is 0 Å². The van der Waals surface area contributed by atoms with E-state index in [1.54, 1.807) is 30.5 Å². The minimum absolute atomic E-state index is 0.169. The topological polar surface area (TPSA) is 58.4 Å². The highest BCUT2D eigenvalue weighted by Gasteiger charge is 2.24. The molecule has 0 saturated carbocycles. The standard InChI is InChI=1S/C20H16ClN3O2/c1-24(2)19-8-3-12(11-22-19)18-7-5-14(26-18)10-16-15-9-13(21)4-6-17(15)23-20(16)25/h3-11H,1-2H3,(H,23,25)/b16-10-. The molecule has 0 radical (unpaired) electrons. The van der Waals surface area contributed by atoms with Crippen LogP contribution < -0.4 is 10.2 Å². The number of furan rings is 1. The van der Waals surface area contributed by atoms with Crippen molar-refractivity contribution in [3.63, 3.8) is 0 Å². The zero-order valence-corrected chi connectivity index (χ0v) is 15.0. The van der Waals surface area contributed by atoms with Gasteiger partial charge in [0.05, 0.1) is 5.57 Å². The molecule has 130 valence electrons. The van der Waals surface area contributed by atoms with Crippen molar-refractivity contribution < 1.29 is 9.21 Å². The van der Waals surface area contributed by atoms with Crippen LogP contribution in [0.3, 0.4) is 0 Å². The maximum absolute atomic E-state index is 12.2. The second-order valence-electron chi connectivity index (χ2n) is 6.20. The summed E-state index contributed by atoms with van der Waals surface area (Å²) in [6, 6.07) is 12.9. The monoisotopic (exact) mass is 365 g/mol. The zero-order chi connectivity index (χ0) is 18.3. The number of nitrogens with zero attached hydrogens (tertiary/aromatic N) is 2. The van der Waals surface area contributed by atoms with Crippen molar-refractivity contribution in [2.24, 2.45) is 0 Å². The number of carbonyl (C=O) groups excluding carboxylic acids is 1. The molecule has 2 aromatic heterocycles. The van der Waals surface area contributed by atoms with Crippen molar-refractivity contribution in [2.75, 3.05) is 24.3 Å². The molecule has 0 aliphatic carbocycles. The Hall–Kier alpha value is -3.05. The number of carbonyl (C=O) groups is 1. The van der Waals surface area contributed by atoms with E-state index in [2.05, 4.69) is 10.3 Å². The first-order valence-electron chi connectivity index (χ1n) is 8.08. The summed E-state index contributed by atoms with van der Waals surface area (Å²) in [5.74, 6) is 1.99. The summed E-state index contributed by atoms with van der Waals surface area (Å²) in [5.41, 5.74) is 2.93. The number of anilines is 2. The highest BCUT2D eigenvalue weighted by molar-refractivity contribution is 6.36. The number of hydrogen-bond acceptors (Lipinski definition) is 4. The fraction of sp³-hybridized carbons (Fsp3) is 0.100. The van der Waals surface area contributed by atoms with Gasteiger partial charge in [0.1, 0.15) is 17.3 Å². The third-order valence-corrected chi connectivity index (χ3v) is 4.40. The molecular weight excluding hydrogens is 350 g/mol. The van der Waals surface area contributed by atoms with Crippen LogP contribution in [-0.4, -0.2) is 25.0 Å². The van der Waals surface area contributed by atoms with Crippen LogP contribution >= 0.6 is 11.6 Å². The van der Waals surface area contributed by atoms with Crippen LogP contribution in [0.5, 0.6) is 0 Å². The molecule has 0 unspecified atom stereocenters. The summed E-state index contributed by atoms with van der Waals surface area (Å²) >= 11 is 6.06. The van der Waals surface area contributed by atoms with Crippen LogP contribution in [0.2, 0.25) is 5.02 Å². The van der Waals surface area contributed by atoms with Crippen molar-refractivity contribution in [3.05, 3.63) is 65.0 Å².